The van der Waals surface area contributed by atoms with Crippen molar-refractivity contribution in [3.8, 4) is 22.6 Å². The number of unbranched alkanes of at least 4 members (excludes halogenated alkanes) is 2. The fraction of sp³-hybridized carbons (Fsp3) is 0.380. The third-order valence-corrected chi connectivity index (χ3v) is 11.0. The number of aromatic nitrogens is 3. The van der Waals surface area contributed by atoms with E-state index >= 15 is 0 Å². The maximum atomic E-state index is 13.5. The number of carbonyl (C=O) groups excluding carboxylic acids is 2. The molecule has 326 valence electrons. The van der Waals surface area contributed by atoms with Crippen LogP contribution in [0.2, 0.25) is 0 Å². The summed E-state index contributed by atoms with van der Waals surface area (Å²) in [6, 6.07) is 28.4. The Morgan fingerprint density at radius 2 is 1.61 bits per heavy atom. The van der Waals surface area contributed by atoms with Gasteiger partial charge in [0.25, 0.3) is 0 Å². The Morgan fingerprint density at radius 1 is 0.871 bits per heavy atom. The summed E-state index contributed by atoms with van der Waals surface area (Å²) in [5.74, 6) is 1.14. The molecule has 1 aliphatic heterocycles. The van der Waals surface area contributed by atoms with Crippen LogP contribution in [0.3, 0.4) is 0 Å². The molecule has 0 aliphatic carbocycles. The molecule has 2 aromatic heterocycles. The van der Waals surface area contributed by atoms with Gasteiger partial charge in [-0.15, -0.1) is 0 Å². The molecule has 4 aromatic carbocycles. The van der Waals surface area contributed by atoms with E-state index in [0.717, 1.165) is 80.5 Å². The van der Waals surface area contributed by atoms with Crippen LogP contribution in [0.1, 0.15) is 80.8 Å². The number of ether oxygens (including phenoxy) is 4. The van der Waals surface area contributed by atoms with Gasteiger partial charge in [-0.25, -0.2) is 9.59 Å². The number of aryl methyl sites for hydroxylation is 2. The topological polar surface area (TPSA) is 131 Å². The first-order valence-corrected chi connectivity index (χ1v) is 21.7. The molecule has 3 heterocycles. The molecule has 12 heteroatoms. The molecule has 12 nitrogen and oxygen atoms in total. The number of rotatable bonds is 17. The van der Waals surface area contributed by atoms with Crippen LogP contribution >= 0.6 is 0 Å². The quantitative estimate of drug-likeness (QED) is 0.0681. The number of fused-ring (bicyclic) bond motifs is 2. The largest absolute Gasteiger partial charge is 0.493 e. The number of carbonyl (C=O) groups is 2. The van der Waals surface area contributed by atoms with Crippen molar-refractivity contribution in [2.45, 2.75) is 72.0 Å². The first-order chi connectivity index (χ1) is 30.0. The highest BCUT2D eigenvalue weighted by Crippen LogP contribution is 2.38. The lowest BCUT2D eigenvalue weighted by molar-refractivity contribution is 0.0240. The van der Waals surface area contributed by atoms with Crippen LogP contribution in [0, 0.1) is 0 Å². The van der Waals surface area contributed by atoms with Crippen molar-refractivity contribution in [3.05, 3.63) is 114 Å². The highest BCUT2D eigenvalue weighted by atomic mass is 16.6. The molecule has 1 amide bonds. The number of para-hydroxylation sites is 1. The van der Waals surface area contributed by atoms with Gasteiger partial charge in [-0.2, -0.15) is 5.10 Å². The number of piperazine rings is 1. The van der Waals surface area contributed by atoms with E-state index in [1.807, 2.05) is 94.0 Å². The lowest BCUT2D eigenvalue weighted by atomic mass is 9.97. The number of esters is 1. The zero-order valence-electron chi connectivity index (χ0n) is 36.6. The van der Waals surface area contributed by atoms with E-state index < -0.39 is 11.6 Å². The summed E-state index contributed by atoms with van der Waals surface area (Å²) in [6.45, 7) is 11.1. The van der Waals surface area contributed by atoms with Crippen LogP contribution in [-0.2, 0) is 29.5 Å². The molecule has 0 unspecified atom stereocenters. The highest BCUT2D eigenvalue weighted by Gasteiger charge is 2.27. The van der Waals surface area contributed by atoms with Gasteiger partial charge in [0, 0.05) is 67.4 Å². The first kappa shape index (κ1) is 43.8. The third kappa shape index (κ3) is 10.4. The molecule has 6 aromatic rings. The molecular weight excluding hydrogens is 783 g/mol. The number of nitrogens with zero attached hydrogens (tertiary/aromatic N) is 4. The molecule has 1 fully saturated rings. The SMILES string of the molecule is CCOC(=O)c1[nH]c2c(-c3c(COc4ccc(N5CCN(C(=O)OC(C)(C)C)CC5)cc4)nn(C)c3/C=C/CCCCO)cccc2c1CCCOc1cccc2ccccc12. The first-order valence-electron chi connectivity index (χ1n) is 21.7. The van der Waals surface area contributed by atoms with E-state index in [1.54, 1.807) is 4.90 Å². The Hall–Kier alpha value is -6.27. The second kappa shape index (κ2) is 20.1. The summed E-state index contributed by atoms with van der Waals surface area (Å²) >= 11 is 0. The molecule has 1 aliphatic rings. The van der Waals surface area contributed by atoms with Crippen LogP contribution in [-0.4, -0.2) is 88.4 Å². The summed E-state index contributed by atoms with van der Waals surface area (Å²) in [4.78, 5) is 33.7. The molecule has 1 saturated heterocycles. The average Bonchev–Trinajstić information content (AvgIpc) is 3.80. The van der Waals surface area contributed by atoms with Gasteiger partial charge in [0.05, 0.1) is 24.4 Å². The number of aliphatic hydroxyl groups excluding tert-OH is 1. The third-order valence-electron chi connectivity index (χ3n) is 11.0. The highest BCUT2D eigenvalue weighted by molar-refractivity contribution is 6.04. The number of hydrogen-bond acceptors (Lipinski definition) is 9. The second-order valence-corrected chi connectivity index (χ2v) is 16.5. The molecule has 0 bridgehead atoms. The van der Waals surface area contributed by atoms with Crippen molar-refractivity contribution in [2.75, 3.05) is 50.9 Å². The molecule has 0 spiro atoms. The maximum absolute atomic E-state index is 13.5. The van der Waals surface area contributed by atoms with Crippen molar-refractivity contribution in [1.82, 2.24) is 19.7 Å². The lowest BCUT2D eigenvalue weighted by Gasteiger charge is -2.36. The minimum atomic E-state index is -0.527. The van der Waals surface area contributed by atoms with E-state index in [0.29, 0.717) is 57.1 Å². The Labute approximate surface area is 364 Å². The molecular formula is C50H59N5O7. The minimum Gasteiger partial charge on any atom is -0.493 e. The smallest absolute Gasteiger partial charge is 0.410 e. The van der Waals surface area contributed by atoms with Crippen molar-refractivity contribution in [2.24, 2.45) is 7.05 Å². The number of H-pyrrole nitrogens is 1. The summed E-state index contributed by atoms with van der Waals surface area (Å²) in [6.07, 6.45) is 7.61. The van der Waals surface area contributed by atoms with Crippen molar-refractivity contribution in [1.29, 1.82) is 0 Å². The number of hydrogen-bond donors (Lipinski definition) is 2. The van der Waals surface area contributed by atoms with E-state index in [1.165, 1.54) is 0 Å². The monoisotopic (exact) mass is 841 g/mol. The van der Waals surface area contributed by atoms with Gasteiger partial charge in [-0.1, -0.05) is 60.7 Å². The van der Waals surface area contributed by atoms with Crippen LogP contribution in [0.25, 0.3) is 38.9 Å². The summed E-state index contributed by atoms with van der Waals surface area (Å²) in [5, 5.41) is 17.5. The summed E-state index contributed by atoms with van der Waals surface area (Å²) in [7, 11) is 1.93. The average molecular weight is 842 g/mol. The van der Waals surface area contributed by atoms with Gasteiger partial charge < -0.3 is 38.8 Å². The predicted octanol–water partition coefficient (Wildman–Crippen LogP) is 9.72. The lowest BCUT2D eigenvalue weighted by Crippen LogP contribution is -2.50. The standard InChI is InChI=1S/C50H59N5O7/c1-6-59-48(57)47-40(21-15-33-60-44-23-13-17-35-16-10-11-18-38(35)44)39-19-14-20-41(46(39)51-47)45-42(52-53(5)43(45)22-9-7-8-12-32-56)34-61-37-26-24-36(25-27-37)54-28-30-55(31-29-54)49(58)62-50(2,3)4/h9-11,13-14,16-20,22-27,51,56H,6-8,12,15,21,28-34H2,1-5H3/b22-9+. The number of aromatic amines is 1. The number of nitrogens with one attached hydrogen (secondary N) is 1. The van der Waals surface area contributed by atoms with Gasteiger partial charge in [0.1, 0.15) is 35.1 Å². The Morgan fingerprint density at radius 3 is 2.37 bits per heavy atom. The fourth-order valence-electron chi connectivity index (χ4n) is 8.00. The van der Waals surface area contributed by atoms with Crippen LogP contribution in [0.4, 0.5) is 10.5 Å². The summed E-state index contributed by atoms with van der Waals surface area (Å²) in [5.41, 5.74) is 6.12. The van der Waals surface area contributed by atoms with Crippen molar-refractivity contribution in [3.63, 3.8) is 0 Å². The van der Waals surface area contributed by atoms with E-state index in [-0.39, 0.29) is 25.9 Å². The summed E-state index contributed by atoms with van der Waals surface area (Å²) < 4.78 is 25.8. The van der Waals surface area contributed by atoms with Crippen LogP contribution in [0.15, 0.2) is 91.0 Å². The second-order valence-electron chi connectivity index (χ2n) is 16.5. The molecule has 0 radical (unpaired) electrons. The minimum absolute atomic E-state index is 0.160. The Kier molecular flexibility index (Phi) is 14.2. The van der Waals surface area contributed by atoms with Gasteiger partial charge in [-0.3, -0.25) is 4.68 Å². The maximum Gasteiger partial charge on any atom is 0.410 e. The zero-order chi connectivity index (χ0) is 43.6. The number of anilines is 1. The van der Waals surface area contributed by atoms with Gasteiger partial charge in [0.2, 0.25) is 0 Å². The van der Waals surface area contributed by atoms with E-state index in [9.17, 15) is 14.7 Å². The van der Waals surface area contributed by atoms with E-state index in [4.69, 9.17) is 24.0 Å². The number of amides is 1. The van der Waals surface area contributed by atoms with Gasteiger partial charge in [0.15, 0.2) is 0 Å². The predicted molar refractivity (Wildman–Crippen MR) is 245 cm³/mol. The number of allylic oxidation sites excluding steroid dienone is 1. The van der Waals surface area contributed by atoms with Gasteiger partial charge in [-0.05, 0) is 107 Å². The van der Waals surface area contributed by atoms with E-state index in [2.05, 4.69) is 52.4 Å². The molecule has 7 rings (SSSR count). The van der Waals surface area contributed by atoms with Gasteiger partial charge >= 0.3 is 12.1 Å². The molecule has 62 heavy (non-hydrogen) atoms. The number of aliphatic hydroxyl groups is 1. The molecule has 2 N–H and O–H groups in total. The molecule has 0 atom stereocenters. The zero-order valence-corrected chi connectivity index (χ0v) is 36.6. The fourth-order valence-corrected chi connectivity index (χ4v) is 8.00. The number of benzene rings is 4. The normalized spacial score (nSPS) is 13.3. The van der Waals surface area contributed by atoms with Crippen LogP contribution < -0.4 is 14.4 Å². The van der Waals surface area contributed by atoms with Crippen molar-refractivity contribution < 1.29 is 33.6 Å². The molecule has 0 saturated carbocycles. The van der Waals surface area contributed by atoms with Crippen LogP contribution in [0.5, 0.6) is 11.5 Å². The van der Waals surface area contributed by atoms with Crippen molar-refractivity contribution >= 4 is 45.5 Å². The Balaban J connectivity index is 1.13. The Bertz CT molecular complexity index is 2480.